The number of aromatic nitrogens is 6. The molecule has 0 aliphatic heterocycles. The van der Waals surface area contributed by atoms with Crippen LogP contribution in [0.15, 0.2) is 84.2 Å². The Morgan fingerprint density at radius 3 is 2.36 bits per heavy atom. The van der Waals surface area contributed by atoms with Gasteiger partial charge < -0.3 is 5.11 Å². The highest BCUT2D eigenvalue weighted by Gasteiger charge is 2.10. The summed E-state index contributed by atoms with van der Waals surface area (Å²) in [5, 5.41) is 17.5. The maximum atomic E-state index is 13.6. The van der Waals surface area contributed by atoms with E-state index < -0.39 is 11.6 Å². The Bertz CT molecular complexity index is 1560. The molecule has 0 bridgehead atoms. The summed E-state index contributed by atoms with van der Waals surface area (Å²) in [6, 6.07) is 13.3. The molecule has 0 atom stereocenters. The molecule has 10 heteroatoms. The summed E-state index contributed by atoms with van der Waals surface area (Å²) in [5.74, 6) is -0.933. The Hall–Kier alpha value is -4.57. The van der Waals surface area contributed by atoms with Gasteiger partial charge in [-0.25, -0.2) is 23.4 Å². The zero-order chi connectivity index (χ0) is 25.1. The van der Waals surface area contributed by atoms with E-state index in [1.807, 2.05) is 30.5 Å². The molecule has 0 aliphatic rings. The number of hydrogen-bond donors (Lipinski definition) is 1. The van der Waals surface area contributed by atoms with Crippen LogP contribution < -0.4 is 5.56 Å². The lowest BCUT2D eigenvalue weighted by molar-refractivity contribution is 0.269. The first-order valence-corrected chi connectivity index (χ1v) is 11.1. The molecule has 0 spiro atoms. The van der Waals surface area contributed by atoms with Gasteiger partial charge in [-0.1, -0.05) is 18.2 Å². The second-order valence-electron chi connectivity index (χ2n) is 8.08. The number of benzene rings is 2. The van der Waals surface area contributed by atoms with Crippen LogP contribution in [0, 0.1) is 11.6 Å². The van der Waals surface area contributed by atoms with Crippen molar-refractivity contribution in [2.75, 3.05) is 6.61 Å². The number of hydrogen-bond acceptors (Lipinski definition) is 6. The Balaban J connectivity index is 1.38. The van der Waals surface area contributed by atoms with Gasteiger partial charge >= 0.3 is 0 Å². The number of rotatable bonds is 7. The molecule has 0 fully saturated rings. The zero-order valence-corrected chi connectivity index (χ0v) is 18.9. The molecule has 8 nitrogen and oxygen atoms in total. The van der Waals surface area contributed by atoms with Crippen molar-refractivity contribution < 1.29 is 13.9 Å². The van der Waals surface area contributed by atoms with Crippen molar-refractivity contribution in [3.8, 4) is 33.8 Å². The molecular weight excluding hydrogens is 466 g/mol. The van der Waals surface area contributed by atoms with E-state index in [1.165, 1.54) is 28.9 Å². The zero-order valence-electron chi connectivity index (χ0n) is 18.9. The van der Waals surface area contributed by atoms with Gasteiger partial charge in [0.15, 0.2) is 5.82 Å². The molecule has 36 heavy (non-hydrogen) atoms. The molecule has 0 amide bonds. The summed E-state index contributed by atoms with van der Waals surface area (Å²) in [6.45, 7) is 0.564. The van der Waals surface area contributed by atoms with Crippen molar-refractivity contribution in [3.05, 3.63) is 107 Å². The van der Waals surface area contributed by atoms with E-state index >= 15 is 0 Å². The van der Waals surface area contributed by atoms with Crippen LogP contribution in [-0.4, -0.2) is 41.2 Å². The molecule has 5 aromatic rings. The molecule has 3 aromatic heterocycles. The van der Waals surface area contributed by atoms with Gasteiger partial charge in [-0.05, 0) is 29.8 Å². The molecule has 5 rings (SSSR count). The summed E-state index contributed by atoms with van der Waals surface area (Å²) in [6.07, 6.45) is 6.89. The van der Waals surface area contributed by atoms with Crippen LogP contribution in [0.5, 0.6) is 0 Å². The highest BCUT2D eigenvalue weighted by Crippen LogP contribution is 2.22. The van der Waals surface area contributed by atoms with E-state index in [-0.39, 0.29) is 30.0 Å². The molecule has 1 N–H and O–H groups in total. The Kier molecular flexibility index (Phi) is 6.42. The molecule has 0 radical (unpaired) electrons. The van der Waals surface area contributed by atoms with Gasteiger partial charge in [0.1, 0.15) is 11.6 Å². The van der Waals surface area contributed by atoms with Crippen molar-refractivity contribution in [1.29, 1.82) is 0 Å². The predicted molar refractivity (Wildman–Crippen MR) is 129 cm³/mol. The Labute approximate surface area is 204 Å². The fourth-order valence-electron chi connectivity index (χ4n) is 3.76. The van der Waals surface area contributed by atoms with Crippen molar-refractivity contribution in [3.63, 3.8) is 0 Å². The van der Waals surface area contributed by atoms with Crippen molar-refractivity contribution in [2.45, 2.75) is 13.1 Å². The number of aliphatic hydroxyl groups excluding tert-OH is 1. The van der Waals surface area contributed by atoms with Gasteiger partial charge in [0, 0.05) is 53.0 Å². The highest BCUT2D eigenvalue weighted by atomic mass is 19.1. The summed E-state index contributed by atoms with van der Waals surface area (Å²) in [4.78, 5) is 21.3. The minimum absolute atomic E-state index is 0.00217. The van der Waals surface area contributed by atoms with Crippen LogP contribution in [-0.2, 0) is 13.1 Å². The normalized spacial score (nSPS) is 11.1. The van der Waals surface area contributed by atoms with Crippen molar-refractivity contribution in [1.82, 2.24) is 29.5 Å². The van der Waals surface area contributed by atoms with Crippen LogP contribution >= 0.6 is 0 Å². The standard InChI is InChI=1S/C26H20F2N6O2/c27-22-9-19(10-23(28)11-22)24-4-5-25(36)34(32-24)15-17-2-1-3-18(8-17)26-29-12-20(13-30-26)21-14-31-33(16-21)6-7-35/h1-5,8-14,16,35H,6-7,15H2. The molecule has 0 saturated heterocycles. The fraction of sp³-hybridized carbons (Fsp3) is 0.115. The smallest absolute Gasteiger partial charge is 0.267 e. The first kappa shape index (κ1) is 23.2. The third-order valence-corrected chi connectivity index (χ3v) is 5.49. The summed E-state index contributed by atoms with van der Waals surface area (Å²) >= 11 is 0. The quantitative estimate of drug-likeness (QED) is 0.378. The van der Waals surface area contributed by atoms with Gasteiger partial charge in [0.05, 0.1) is 31.6 Å². The average Bonchev–Trinajstić information content (AvgIpc) is 3.34. The molecule has 180 valence electrons. The summed E-state index contributed by atoms with van der Waals surface area (Å²) in [5.41, 5.74) is 3.35. The molecule has 0 unspecified atom stereocenters. The average molecular weight is 486 g/mol. The maximum Gasteiger partial charge on any atom is 0.267 e. The van der Waals surface area contributed by atoms with E-state index in [4.69, 9.17) is 5.11 Å². The minimum Gasteiger partial charge on any atom is -0.394 e. The van der Waals surface area contributed by atoms with Gasteiger partial charge in [0.2, 0.25) is 0 Å². The molecule has 0 aliphatic carbocycles. The lowest BCUT2D eigenvalue weighted by Crippen LogP contribution is -2.22. The van der Waals surface area contributed by atoms with Crippen molar-refractivity contribution in [2.24, 2.45) is 0 Å². The van der Waals surface area contributed by atoms with E-state index in [1.54, 1.807) is 23.3 Å². The van der Waals surface area contributed by atoms with Crippen molar-refractivity contribution >= 4 is 0 Å². The second kappa shape index (κ2) is 9.96. The third-order valence-electron chi connectivity index (χ3n) is 5.49. The number of nitrogens with zero attached hydrogens (tertiary/aromatic N) is 6. The van der Waals surface area contributed by atoms with Gasteiger partial charge in [-0.3, -0.25) is 9.48 Å². The third kappa shape index (κ3) is 5.08. The van der Waals surface area contributed by atoms with Crippen LogP contribution in [0.1, 0.15) is 5.56 Å². The Morgan fingerprint density at radius 1 is 0.833 bits per heavy atom. The second-order valence-corrected chi connectivity index (χ2v) is 8.08. The summed E-state index contributed by atoms with van der Waals surface area (Å²) in [7, 11) is 0. The molecule has 0 saturated carbocycles. The summed E-state index contributed by atoms with van der Waals surface area (Å²) < 4.78 is 30.2. The van der Waals surface area contributed by atoms with Crippen LogP contribution in [0.25, 0.3) is 33.8 Å². The van der Waals surface area contributed by atoms with E-state index in [2.05, 4.69) is 20.2 Å². The maximum absolute atomic E-state index is 13.6. The Morgan fingerprint density at radius 2 is 1.61 bits per heavy atom. The lowest BCUT2D eigenvalue weighted by Gasteiger charge is -2.09. The SMILES string of the molecule is O=c1ccc(-c2cc(F)cc(F)c2)nn1Cc1cccc(-c2ncc(-c3cnn(CCO)c3)cn2)c1. The first-order chi connectivity index (χ1) is 17.5. The number of aliphatic hydroxyl groups is 1. The van der Waals surface area contributed by atoms with E-state index in [0.29, 0.717) is 12.4 Å². The van der Waals surface area contributed by atoms with Gasteiger partial charge in [-0.2, -0.15) is 10.2 Å². The van der Waals surface area contributed by atoms with Gasteiger partial charge in [-0.15, -0.1) is 0 Å². The first-order valence-electron chi connectivity index (χ1n) is 11.1. The number of halogens is 2. The lowest BCUT2D eigenvalue weighted by atomic mass is 10.1. The van der Waals surface area contributed by atoms with Gasteiger partial charge in [0.25, 0.3) is 5.56 Å². The predicted octanol–water partition coefficient (Wildman–Crippen LogP) is 3.55. The molecular formula is C26H20F2N6O2. The monoisotopic (exact) mass is 486 g/mol. The fourth-order valence-corrected chi connectivity index (χ4v) is 3.76. The molecule has 3 heterocycles. The topological polar surface area (TPSA) is 98.7 Å². The molecule has 2 aromatic carbocycles. The van der Waals surface area contributed by atoms with Crippen LogP contribution in [0.3, 0.4) is 0 Å². The van der Waals surface area contributed by atoms with E-state index in [0.717, 1.165) is 28.3 Å². The van der Waals surface area contributed by atoms with E-state index in [9.17, 15) is 13.6 Å². The minimum atomic E-state index is -0.720. The van der Waals surface area contributed by atoms with Crippen LogP contribution in [0.4, 0.5) is 8.78 Å². The van der Waals surface area contributed by atoms with Crippen LogP contribution in [0.2, 0.25) is 0 Å². The largest absolute Gasteiger partial charge is 0.394 e. The highest BCUT2D eigenvalue weighted by molar-refractivity contribution is 5.63.